The zero-order chi connectivity index (χ0) is 9.40. The maximum atomic E-state index is 10.9. The highest BCUT2D eigenvalue weighted by Gasteiger charge is 2.09. The van der Waals surface area contributed by atoms with Crippen LogP contribution in [0.3, 0.4) is 0 Å². The normalized spacial score (nSPS) is 10.3. The Morgan fingerprint density at radius 1 is 1.33 bits per heavy atom. The van der Waals surface area contributed by atoms with Gasteiger partial charge in [-0.2, -0.15) is 0 Å². The topological polar surface area (TPSA) is 47.6 Å². The van der Waals surface area contributed by atoms with E-state index in [-0.39, 0.29) is 11.9 Å². The minimum absolute atomic E-state index is 0.0223. The Morgan fingerprint density at radius 3 is 2.17 bits per heavy atom. The van der Waals surface area contributed by atoms with Gasteiger partial charge >= 0.3 is 0 Å². The first kappa shape index (κ1) is 11.4. The first-order valence-corrected chi connectivity index (χ1v) is 4.01. The lowest BCUT2D eigenvalue weighted by Gasteiger charge is -2.16. The van der Waals surface area contributed by atoms with E-state index in [1.54, 1.807) is 14.2 Å². The molecule has 0 aromatic heterocycles. The van der Waals surface area contributed by atoms with Crippen molar-refractivity contribution in [3.8, 4) is 0 Å². The summed E-state index contributed by atoms with van der Waals surface area (Å²) in [5.74, 6) is 0.0223. The first-order chi connectivity index (χ1) is 5.74. The number of carbonyl (C=O) groups excluding carboxylic acids is 1. The average Bonchev–Trinajstić information content (AvgIpc) is 2.05. The molecule has 0 bridgehead atoms. The quantitative estimate of drug-likeness (QED) is 0.626. The highest BCUT2D eigenvalue weighted by Crippen LogP contribution is 1.87. The van der Waals surface area contributed by atoms with Crippen molar-refractivity contribution in [2.45, 2.75) is 19.4 Å². The second-order valence-corrected chi connectivity index (χ2v) is 2.53. The fraction of sp³-hybridized carbons (Fsp3) is 0.875. The van der Waals surface area contributed by atoms with E-state index in [4.69, 9.17) is 9.47 Å². The van der Waals surface area contributed by atoms with Gasteiger partial charge in [-0.05, 0) is 0 Å². The standard InChI is InChI=1S/C8H17NO3/c1-4-8(10)9-7(5-11-2)6-12-3/h7H,4-6H2,1-3H3,(H,9,10). The maximum Gasteiger partial charge on any atom is 0.220 e. The van der Waals surface area contributed by atoms with Crippen LogP contribution in [-0.4, -0.2) is 39.4 Å². The van der Waals surface area contributed by atoms with Crippen LogP contribution >= 0.6 is 0 Å². The van der Waals surface area contributed by atoms with Crippen LogP contribution in [0.15, 0.2) is 0 Å². The minimum atomic E-state index is -0.0348. The summed E-state index contributed by atoms with van der Waals surface area (Å²) in [7, 11) is 3.20. The third-order valence-electron chi connectivity index (χ3n) is 1.42. The first-order valence-electron chi connectivity index (χ1n) is 4.01. The largest absolute Gasteiger partial charge is 0.382 e. The Bertz CT molecular complexity index is 121. The van der Waals surface area contributed by atoms with Crippen molar-refractivity contribution in [3.05, 3.63) is 0 Å². The molecule has 12 heavy (non-hydrogen) atoms. The molecule has 72 valence electrons. The Balaban J connectivity index is 3.68. The van der Waals surface area contributed by atoms with Crippen LogP contribution in [0, 0.1) is 0 Å². The fourth-order valence-electron chi connectivity index (χ4n) is 0.864. The SMILES string of the molecule is CCC(=O)NC(COC)COC. The maximum absolute atomic E-state index is 10.9. The third-order valence-corrected chi connectivity index (χ3v) is 1.42. The number of carbonyl (C=O) groups is 1. The second-order valence-electron chi connectivity index (χ2n) is 2.53. The van der Waals surface area contributed by atoms with Gasteiger partial charge in [0, 0.05) is 20.6 Å². The van der Waals surface area contributed by atoms with Crippen molar-refractivity contribution in [1.29, 1.82) is 0 Å². The third kappa shape index (κ3) is 5.09. The second kappa shape index (κ2) is 7.06. The molecule has 1 amide bonds. The Hall–Kier alpha value is -0.610. The number of rotatable bonds is 6. The lowest BCUT2D eigenvalue weighted by Crippen LogP contribution is -2.40. The zero-order valence-electron chi connectivity index (χ0n) is 7.92. The Labute approximate surface area is 73.2 Å². The number of ether oxygens (including phenoxy) is 2. The van der Waals surface area contributed by atoms with Crippen molar-refractivity contribution in [2.24, 2.45) is 0 Å². The summed E-state index contributed by atoms with van der Waals surface area (Å²) in [5.41, 5.74) is 0. The summed E-state index contributed by atoms with van der Waals surface area (Å²) in [6, 6.07) is -0.0348. The monoisotopic (exact) mass is 175 g/mol. The summed E-state index contributed by atoms with van der Waals surface area (Å²) in [6.07, 6.45) is 0.490. The molecular weight excluding hydrogens is 158 g/mol. The van der Waals surface area contributed by atoms with E-state index in [1.165, 1.54) is 0 Å². The summed E-state index contributed by atoms with van der Waals surface area (Å²) in [4.78, 5) is 10.9. The van der Waals surface area contributed by atoms with Crippen LogP contribution in [0.2, 0.25) is 0 Å². The molecule has 0 heterocycles. The van der Waals surface area contributed by atoms with Gasteiger partial charge in [0.15, 0.2) is 0 Å². The van der Waals surface area contributed by atoms with Crippen molar-refractivity contribution >= 4 is 5.91 Å². The molecule has 0 fully saturated rings. The minimum Gasteiger partial charge on any atom is -0.382 e. The lowest BCUT2D eigenvalue weighted by molar-refractivity contribution is -0.122. The van der Waals surface area contributed by atoms with E-state index in [0.717, 1.165) is 0 Å². The fourth-order valence-corrected chi connectivity index (χ4v) is 0.864. The molecule has 0 aliphatic rings. The zero-order valence-corrected chi connectivity index (χ0v) is 7.92. The van der Waals surface area contributed by atoms with E-state index in [9.17, 15) is 4.79 Å². The molecule has 0 radical (unpaired) electrons. The molecule has 4 heteroatoms. The molecule has 0 saturated heterocycles. The van der Waals surface area contributed by atoms with Gasteiger partial charge in [0.05, 0.1) is 19.3 Å². The molecule has 4 nitrogen and oxygen atoms in total. The van der Waals surface area contributed by atoms with Crippen LogP contribution in [0.4, 0.5) is 0 Å². The van der Waals surface area contributed by atoms with Crippen molar-refractivity contribution in [1.82, 2.24) is 5.32 Å². The molecular formula is C8H17NO3. The summed E-state index contributed by atoms with van der Waals surface area (Å²) < 4.78 is 9.81. The summed E-state index contributed by atoms with van der Waals surface area (Å²) in [6.45, 7) is 2.78. The van der Waals surface area contributed by atoms with Crippen LogP contribution in [-0.2, 0) is 14.3 Å². The Kier molecular flexibility index (Phi) is 6.70. The molecule has 0 saturated carbocycles. The number of nitrogens with one attached hydrogen (secondary N) is 1. The van der Waals surface area contributed by atoms with E-state index in [2.05, 4.69) is 5.32 Å². The van der Waals surface area contributed by atoms with Gasteiger partial charge in [-0.3, -0.25) is 4.79 Å². The van der Waals surface area contributed by atoms with Crippen molar-refractivity contribution in [3.63, 3.8) is 0 Å². The molecule has 0 aromatic rings. The molecule has 1 N–H and O–H groups in total. The van der Waals surface area contributed by atoms with E-state index in [0.29, 0.717) is 19.6 Å². The molecule has 0 aliphatic heterocycles. The number of amides is 1. The van der Waals surface area contributed by atoms with E-state index < -0.39 is 0 Å². The van der Waals surface area contributed by atoms with Gasteiger partial charge in [0.2, 0.25) is 5.91 Å². The highest BCUT2D eigenvalue weighted by atomic mass is 16.5. The number of hydrogen-bond donors (Lipinski definition) is 1. The molecule has 0 spiro atoms. The molecule has 0 rings (SSSR count). The van der Waals surface area contributed by atoms with Crippen LogP contribution in [0.5, 0.6) is 0 Å². The average molecular weight is 175 g/mol. The molecule has 0 aromatic carbocycles. The molecule has 0 atom stereocenters. The highest BCUT2D eigenvalue weighted by molar-refractivity contribution is 5.75. The van der Waals surface area contributed by atoms with Crippen molar-refractivity contribution < 1.29 is 14.3 Å². The van der Waals surface area contributed by atoms with Crippen LogP contribution < -0.4 is 5.32 Å². The van der Waals surface area contributed by atoms with Gasteiger partial charge in [0.25, 0.3) is 0 Å². The Morgan fingerprint density at radius 2 is 1.83 bits per heavy atom. The lowest BCUT2D eigenvalue weighted by atomic mass is 10.3. The van der Waals surface area contributed by atoms with Gasteiger partial charge < -0.3 is 14.8 Å². The number of hydrogen-bond acceptors (Lipinski definition) is 3. The van der Waals surface area contributed by atoms with Gasteiger partial charge in [0.1, 0.15) is 0 Å². The predicted molar refractivity (Wildman–Crippen MR) is 46.0 cm³/mol. The number of methoxy groups -OCH3 is 2. The van der Waals surface area contributed by atoms with Gasteiger partial charge in [-0.15, -0.1) is 0 Å². The van der Waals surface area contributed by atoms with E-state index in [1.807, 2.05) is 6.92 Å². The van der Waals surface area contributed by atoms with Gasteiger partial charge in [-0.25, -0.2) is 0 Å². The van der Waals surface area contributed by atoms with Crippen LogP contribution in [0.25, 0.3) is 0 Å². The summed E-state index contributed by atoms with van der Waals surface area (Å²) in [5, 5.41) is 2.78. The molecule has 0 aliphatic carbocycles. The van der Waals surface area contributed by atoms with E-state index >= 15 is 0 Å². The van der Waals surface area contributed by atoms with Crippen molar-refractivity contribution in [2.75, 3.05) is 27.4 Å². The van der Waals surface area contributed by atoms with Crippen LogP contribution in [0.1, 0.15) is 13.3 Å². The molecule has 0 unspecified atom stereocenters. The van der Waals surface area contributed by atoms with Gasteiger partial charge in [-0.1, -0.05) is 6.92 Å². The predicted octanol–water partition coefficient (Wildman–Crippen LogP) is 0.174. The summed E-state index contributed by atoms with van der Waals surface area (Å²) >= 11 is 0. The smallest absolute Gasteiger partial charge is 0.220 e.